The second-order valence-corrected chi connectivity index (χ2v) is 11.1. The molecule has 0 bridgehead atoms. The van der Waals surface area contributed by atoms with Crippen LogP contribution in [0.3, 0.4) is 0 Å². The van der Waals surface area contributed by atoms with Gasteiger partial charge in [-0.25, -0.2) is 4.68 Å². The molecule has 2 atom stereocenters. The van der Waals surface area contributed by atoms with Crippen LogP contribution < -0.4 is 10.2 Å². The first-order valence-electron chi connectivity index (χ1n) is 14.3. The van der Waals surface area contributed by atoms with Gasteiger partial charge < -0.3 is 10.2 Å². The Labute approximate surface area is 245 Å². The SMILES string of the molecule is CCN1C(=O)C(NC(=O)c2cccc(C(F)(F)F)c2)C(C2CC2)c2c(C(=O)N(CC#N)C3CC3)nn(-c3ccccc3)c21. The van der Waals surface area contributed by atoms with Crippen molar-refractivity contribution in [2.75, 3.05) is 18.0 Å². The Bertz CT molecular complexity index is 1620. The summed E-state index contributed by atoms with van der Waals surface area (Å²) < 4.78 is 41.7. The zero-order valence-electron chi connectivity index (χ0n) is 23.3. The predicted octanol–water partition coefficient (Wildman–Crippen LogP) is 4.68. The maximum atomic E-state index is 14.1. The summed E-state index contributed by atoms with van der Waals surface area (Å²) in [6.07, 6.45) is -1.60. The molecule has 1 N–H and O–H groups in total. The predicted molar refractivity (Wildman–Crippen MR) is 149 cm³/mol. The summed E-state index contributed by atoms with van der Waals surface area (Å²) in [7, 11) is 0. The van der Waals surface area contributed by atoms with Gasteiger partial charge in [-0.05, 0) is 68.9 Å². The Morgan fingerprint density at radius 1 is 1.09 bits per heavy atom. The Morgan fingerprint density at radius 2 is 1.81 bits per heavy atom. The molecule has 12 heteroatoms. The van der Waals surface area contributed by atoms with Crippen LogP contribution in [0.25, 0.3) is 5.69 Å². The molecule has 2 heterocycles. The molecule has 43 heavy (non-hydrogen) atoms. The number of nitriles is 1. The Hall–Kier alpha value is -4.66. The maximum Gasteiger partial charge on any atom is 0.416 e. The number of aromatic nitrogens is 2. The topological polar surface area (TPSA) is 111 Å². The minimum atomic E-state index is -4.64. The highest BCUT2D eigenvalue weighted by molar-refractivity contribution is 6.07. The number of carbonyl (C=O) groups excluding carboxylic acids is 3. The van der Waals surface area contributed by atoms with Crippen molar-refractivity contribution in [3.8, 4) is 11.8 Å². The van der Waals surface area contributed by atoms with Gasteiger partial charge in [0.05, 0.1) is 17.3 Å². The highest BCUT2D eigenvalue weighted by Gasteiger charge is 2.52. The summed E-state index contributed by atoms with van der Waals surface area (Å²) >= 11 is 0. The number of hydrogen-bond donors (Lipinski definition) is 1. The van der Waals surface area contributed by atoms with Gasteiger partial charge in [0.1, 0.15) is 18.4 Å². The van der Waals surface area contributed by atoms with Crippen molar-refractivity contribution in [2.24, 2.45) is 5.92 Å². The van der Waals surface area contributed by atoms with Crippen LogP contribution in [0.15, 0.2) is 54.6 Å². The fourth-order valence-electron chi connectivity index (χ4n) is 5.93. The molecule has 0 radical (unpaired) electrons. The third-order valence-electron chi connectivity index (χ3n) is 8.25. The molecule has 2 aliphatic carbocycles. The molecule has 1 aliphatic heterocycles. The van der Waals surface area contributed by atoms with Gasteiger partial charge in [0.15, 0.2) is 5.69 Å². The number of rotatable bonds is 8. The number of fused-ring (bicyclic) bond motifs is 1. The van der Waals surface area contributed by atoms with E-state index in [1.807, 2.05) is 18.2 Å². The van der Waals surface area contributed by atoms with Gasteiger partial charge in [0, 0.05) is 29.6 Å². The van der Waals surface area contributed by atoms with E-state index < -0.39 is 41.4 Å². The minimum Gasteiger partial charge on any atom is -0.340 e. The van der Waals surface area contributed by atoms with Gasteiger partial charge in [0.25, 0.3) is 17.7 Å². The Kier molecular flexibility index (Phi) is 7.20. The van der Waals surface area contributed by atoms with Crippen LogP contribution in [-0.2, 0) is 11.0 Å². The van der Waals surface area contributed by atoms with Crippen LogP contribution in [0, 0.1) is 17.2 Å². The number of anilines is 1. The molecule has 0 spiro atoms. The molecule has 2 fully saturated rings. The smallest absolute Gasteiger partial charge is 0.340 e. The summed E-state index contributed by atoms with van der Waals surface area (Å²) in [4.78, 5) is 44.6. The van der Waals surface area contributed by atoms with E-state index in [4.69, 9.17) is 5.10 Å². The van der Waals surface area contributed by atoms with E-state index in [9.17, 15) is 32.8 Å². The van der Waals surface area contributed by atoms with Gasteiger partial charge in [-0.15, -0.1) is 0 Å². The summed E-state index contributed by atoms with van der Waals surface area (Å²) in [5.41, 5.74) is 0.0541. The van der Waals surface area contributed by atoms with Crippen LogP contribution in [0.4, 0.5) is 19.0 Å². The monoisotopic (exact) mass is 590 g/mol. The second-order valence-electron chi connectivity index (χ2n) is 11.1. The van der Waals surface area contributed by atoms with Crippen molar-refractivity contribution in [1.82, 2.24) is 20.0 Å². The normalized spacial score (nSPS) is 19.9. The Morgan fingerprint density at radius 3 is 2.42 bits per heavy atom. The van der Waals surface area contributed by atoms with Crippen molar-refractivity contribution in [3.05, 3.63) is 77.0 Å². The van der Waals surface area contributed by atoms with Gasteiger partial charge in [0.2, 0.25) is 0 Å². The molecule has 3 aliphatic rings. The first-order chi connectivity index (χ1) is 20.6. The zero-order valence-corrected chi connectivity index (χ0v) is 23.3. The van der Waals surface area contributed by atoms with Crippen molar-refractivity contribution < 1.29 is 27.6 Å². The number of hydrogen-bond acceptors (Lipinski definition) is 5. The number of likely N-dealkylation sites (N-methyl/N-ethyl adjacent to an activating group) is 1. The first-order valence-corrected chi connectivity index (χ1v) is 14.3. The number of alkyl halides is 3. The van der Waals surface area contributed by atoms with Gasteiger partial charge in [-0.1, -0.05) is 24.3 Å². The van der Waals surface area contributed by atoms with Crippen molar-refractivity contribution >= 4 is 23.5 Å². The van der Waals surface area contributed by atoms with Crippen molar-refractivity contribution in [3.63, 3.8) is 0 Å². The average Bonchev–Trinajstić information content (AvgIpc) is 3.94. The molecule has 1 aromatic heterocycles. The van der Waals surface area contributed by atoms with Crippen molar-refractivity contribution in [2.45, 2.75) is 56.8 Å². The van der Waals surface area contributed by atoms with Crippen LogP contribution >= 0.6 is 0 Å². The molecule has 6 rings (SSSR count). The average molecular weight is 591 g/mol. The third-order valence-corrected chi connectivity index (χ3v) is 8.25. The largest absolute Gasteiger partial charge is 0.416 e. The quantitative estimate of drug-likeness (QED) is 0.383. The number of benzene rings is 2. The van der Waals surface area contributed by atoms with Crippen LogP contribution in [-0.4, -0.2) is 57.6 Å². The molecular formula is C31H29F3N6O3. The summed E-state index contributed by atoms with van der Waals surface area (Å²) in [5, 5.41) is 17.0. The highest BCUT2D eigenvalue weighted by Crippen LogP contribution is 2.52. The van der Waals surface area contributed by atoms with E-state index in [2.05, 4.69) is 11.4 Å². The van der Waals surface area contributed by atoms with E-state index in [0.717, 1.165) is 43.9 Å². The number of nitrogens with zero attached hydrogens (tertiary/aromatic N) is 5. The number of halogens is 3. The first kappa shape index (κ1) is 28.5. The molecule has 3 aromatic rings. The maximum absolute atomic E-state index is 14.1. The number of amides is 3. The van der Waals surface area contributed by atoms with E-state index in [-0.39, 0.29) is 36.3 Å². The lowest BCUT2D eigenvalue weighted by atomic mass is 9.82. The molecule has 2 saturated carbocycles. The molecule has 2 aromatic carbocycles. The van der Waals surface area contributed by atoms with Crippen molar-refractivity contribution in [1.29, 1.82) is 5.26 Å². The molecule has 9 nitrogen and oxygen atoms in total. The molecule has 2 unspecified atom stereocenters. The zero-order chi connectivity index (χ0) is 30.5. The van der Waals surface area contributed by atoms with Gasteiger partial charge in [-0.2, -0.15) is 23.5 Å². The van der Waals surface area contributed by atoms with Crippen LogP contribution in [0.5, 0.6) is 0 Å². The molecule has 222 valence electrons. The summed E-state index contributed by atoms with van der Waals surface area (Å²) in [6, 6.07) is 14.0. The summed E-state index contributed by atoms with van der Waals surface area (Å²) in [6.45, 7) is 1.84. The highest BCUT2D eigenvalue weighted by atomic mass is 19.4. The van der Waals surface area contributed by atoms with Gasteiger partial charge in [-0.3, -0.25) is 19.3 Å². The molecule has 0 saturated heterocycles. The standard InChI is InChI=1S/C31H29F3N6O3/c1-2-38-28-24(26(30(43)39(16-15-35)21-13-14-21)37-40(28)22-9-4-3-5-10-22)23(18-11-12-18)25(29(38)42)36-27(41)19-7-6-8-20(17-19)31(32,33)34/h3-10,17-18,21,23,25H,2,11-14,16H2,1H3,(H,36,41). The number of carbonyl (C=O) groups is 3. The van der Waals surface area contributed by atoms with Gasteiger partial charge >= 0.3 is 6.18 Å². The lowest BCUT2D eigenvalue weighted by molar-refractivity contribution is -0.137. The second kappa shape index (κ2) is 10.9. The van der Waals surface area contributed by atoms with Crippen LogP contribution in [0.2, 0.25) is 0 Å². The lowest BCUT2D eigenvalue weighted by Gasteiger charge is -2.38. The Balaban J connectivity index is 1.48. The number of nitrogens with one attached hydrogen (secondary N) is 1. The van der Waals surface area contributed by atoms with E-state index >= 15 is 0 Å². The number of para-hydroxylation sites is 1. The minimum absolute atomic E-state index is 0.0566. The fourth-order valence-corrected chi connectivity index (χ4v) is 5.93. The summed E-state index contributed by atoms with van der Waals surface area (Å²) in [5.74, 6) is -1.94. The molecular weight excluding hydrogens is 561 g/mol. The third kappa shape index (κ3) is 5.24. The lowest BCUT2D eigenvalue weighted by Crippen LogP contribution is -2.56. The molecule has 3 amide bonds. The fraction of sp³-hybridized carbons (Fsp3) is 0.387. The van der Waals surface area contributed by atoms with Crippen LogP contribution in [0.1, 0.15) is 70.5 Å². The van der Waals surface area contributed by atoms with E-state index in [0.29, 0.717) is 17.1 Å². The van der Waals surface area contributed by atoms with E-state index in [1.54, 1.807) is 23.7 Å². The van der Waals surface area contributed by atoms with E-state index in [1.165, 1.54) is 15.9 Å².